The molecule has 1 aromatic carbocycles. The maximum atomic E-state index is 12.6. The van der Waals surface area contributed by atoms with Crippen molar-refractivity contribution in [2.45, 2.75) is 6.04 Å². The zero-order valence-electron chi connectivity index (χ0n) is 6.30. The molecule has 12 heavy (non-hydrogen) atoms. The highest BCUT2D eigenvalue weighted by Crippen LogP contribution is 2.22. The van der Waals surface area contributed by atoms with Crippen molar-refractivity contribution in [3.05, 3.63) is 34.1 Å². The minimum absolute atomic E-state index is 0.149. The average Bonchev–Trinajstić information content (AvgIpc) is 2.03. The molecule has 1 unspecified atom stereocenters. The Balaban J connectivity index is 3.01. The zero-order valence-corrected chi connectivity index (χ0v) is 7.88. The van der Waals surface area contributed by atoms with Crippen LogP contribution in [0.2, 0.25) is 0 Å². The molecule has 0 bridgehead atoms. The minimum Gasteiger partial charge on any atom is -0.394 e. The third-order valence-electron chi connectivity index (χ3n) is 1.56. The summed E-state index contributed by atoms with van der Waals surface area (Å²) < 4.78 is 13.2. The van der Waals surface area contributed by atoms with Crippen LogP contribution >= 0.6 is 15.9 Å². The summed E-state index contributed by atoms with van der Waals surface area (Å²) in [6, 6.07) is 3.74. The van der Waals surface area contributed by atoms with E-state index in [0.29, 0.717) is 10.0 Å². The Bertz CT molecular complexity index is 280. The van der Waals surface area contributed by atoms with Crippen molar-refractivity contribution in [2.75, 3.05) is 6.61 Å². The number of aliphatic hydroxyl groups excluding tert-OH is 1. The SMILES string of the molecule is NC(CO)c1ccc(F)cc1Br. The van der Waals surface area contributed by atoms with Gasteiger partial charge in [0.05, 0.1) is 12.6 Å². The molecule has 0 amide bonds. The molecule has 1 rings (SSSR count). The lowest BCUT2D eigenvalue weighted by Gasteiger charge is -2.10. The Morgan fingerprint density at radius 2 is 2.25 bits per heavy atom. The fraction of sp³-hybridized carbons (Fsp3) is 0.250. The second-order valence-corrected chi connectivity index (χ2v) is 3.31. The van der Waals surface area contributed by atoms with Crippen molar-refractivity contribution in [3.63, 3.8) is 0 Å². The van der Waals surface area contributed by atoms with Gasteiger partial charge in [-0.25, -0.2) is 4.39 Å². The van der Waals surface area contributed by atoms with Gasteiger partial charge in [0, 0.05) is 4.47 Å². The fourth-order valence-corrected chi connectivity index (χ4v) is 1.55. The molecule has 0 heterocycles. The molecule has 0 aliphatic rings. The number of nitrogens with two attached hydrogens (primary N) is 1. The van der Waals surface area contributed by atoms with Gasteiger partial charge in [0.1, 0.15) is 5.82 Å². The van der Waals surface area contributed by atoms with Crippen LogP contribution < -0.4 is 5.73 Å². The van der Waals surface area contributed by atoms with Crippen molar-refractivity contribution in [3.8, 4) is 0 Å². The molecule has 0 fully saturated rings. The molecular weight excluding hydrogens is 225 g/mol. The van der Waals surface area contributed by atoms with Gasteiger partial charge in [-0.2, -0.15) is 0 Å². The van der Waals surface area contributed by atoms with Crippen molar-refractivity contribution in [1.82, 2.24) is 0 Å². The minimum atomic E-state index is -0.458. The Morgan fingerprint density at radius 3 is 2.75 bits per heavy atom. The van der Waals surface area contributed by atoms with Gasteiger partial charge in [-0.15, -0.1) is 0 Å². The van der Waals surface area contributed by atoms with Gasteiger partial charge in [0.2, 0.25) is 0 Å². The highest BCUT2D eigenvalue weighted by Gasteiger charge is 2.08. The van der Waals surface area contributed by atoms with Gasteiger partial charge in [-0.3, -0.25) is 0 Å². The summed E-state index contributed by atoms with van der Waals surface area (Å²) in [6.45, 7) is -0.149. The van der Waals surface area contributed by atoms with Gasteiger partial charge in [0.25, 0.3) is 0 Å². The summed E-state index contributed by atoms with van der Waals surface area (Å²) in [5.74, 6) is -0.323. The molecule has 0 saturated heterocycles. The molecule has 1 atom stereocenters. The van der Waals surface area contributed by atoms with E-state index in [2.05, 4.69) is 15.9 Å². The first kappa shape index (κ1) is 9.64. The number of aliphatic hydroxyl groups is 1. The lowest BCUT2D eigenvalue weighted by molar-refractivity contribution is 0.267. The molecule has 0 aromatic heterocycles. The van der Waals surface area contributed by atoms with Crippen LogP contribution in [0, 0.1) is 5.82 Å². The fourth-order valence-electron chi connectivity index (χ4n) is 0.901. The summed E-state index contributed by atoms with van der Waals surface area (Å²) in [5, 5.41) is 8.74. The first-order valence-corrected chi connectivity index (χ1v) is 4.26. The van der Waals surface area contributed by atoms with Gasteiger partial charge < -0.3 is 10.8 Å². The van der Waals surface area contributed by atoms with E-state index in [9.17, 15) is 4.39 Å². The van der Waals surface area contributed by atoms with Crippen molar-refractivity contribution in [1.29, 1.82) is 0 Å². The summed E-state index contributed by atoms with van der Waals surface area (Å²) in [6.07, 6.45) is 0. The van der Waals surface area contributed by atoms with Crippen molar-refractivity contribution in [2.24, 2.45) is 5.73 Å². The largest absolute Gasteiger partial charge is 0.394 e. The highest BCUT2D eigenvalue weighted by molar-refractivity contribution is 9.10. The number of halogens is 2. The lowest BCUT2D eigenvalue weighted by atomic mass is 10.1. The van der Waals surface area contributed by atoms with E-state index in [1.807, 2.05) is 0 Å². The zero-order chi connectivity index (χ0) is 9.14. The van der Waals surface area contributed by atoms with E-state index in [-0.39, 0.29) is 12.4 Å². The molecule has 0 saturated carbocycles. The maximum absolute atomic E-state index is 12.6. The van der Waals surface area contributed by atoms with E-state index < -0.39 is 6.04 Å². The quantitative estimate of drug-likeness (QED) is 0.815. The number of benzene rings is 1. The van der Waals surface area contributed by atoms with Crippen LogP contribution in [0.1, 0.15) is 11.6 Å². The summed E-state index contributed by atoms with van der Waals surface area (Å²) in [5.41, 5.74) is 6.25. The Hall–Kier alpha value is -0.450. The second-order valence-electron chi connectivity index (χ2n) is 2.45. The van der Waals surface area contributed by atoms with Gasteiger partial charge in [-0.1, -0.05) is 22.0 Å². The Kier molecular flexibility index (Phi) is 3.20. The van der Waals surface area contributed by atoms with Crippen LogP contribution in [-0.4, -0.2) is 11.7 Å². The molecule has 0 aliphatic carbocycles. The molecule has 0 aliphatic heterocycles. The topological polar surface area (TPSA) is 46.2 Å². The third kappa shape index (κ3) is 2.03. The van der Waals surface area contributed by atoms with Crippen LogP contribution in [0.25, 0.3) is 0 Å². The summed E-state index contributed by atoms with van der Waals surface area (Å²) in [4.78, 5) is 0. The standard InChI is InChI=1S/C8H9BrFNO/c9-7-3-5(10)1-2-6(7)8(11)4-12/h1-3,8,12H,4,11H2. The van der Waals surface area contributed by atoms with E-state index in [0.717, 1.165) is 0 Å². The Morgan fingerprint density at radius 1 is 1.58 bits per heavy atom. The summed E-state index contributed by atoms with van der Waals surface area (Å²) in [7, 11) is 0. The smallest absolute Gasteiger partial charge is 0.124 e. The highest BCUT2D eigenvalue weighted by atomic mass is 79.9. The molecule has 4 heteroatoms. The van der Waals surface area contributed by atoms with Crippen molar-refractivity contribution < 1.29 is 9.50 Å². The predicted molar refractivity (Wildman–Crippen MR) is 48.1 cm³/mol. The lowest BCUT2D eigenvalue weighted by Crippen LogP contribution is -2.14. The van der Waals surface area contributed by atoms with E-state index in [4.69, 9.17) is 10.8 Å². The van der Waals surface area contributed by atoms with E-state index in [1.54, 1.807) is 6.07 Å². The molecular formula is C8H9BrFNO. The molecule has 1 aromatic rings. The first-order chi connectivity index (χ1) is 5.65. The van der Waals surface area contributed by atoms with Crippen LogP contribution in [-0.2, 0) is 0 Å². The maximum Gasteiger partial charge on any atom is 0.124 e. The number of rotatable bonds is 2. The van der Waals surface area contributed by atoms with Gasteiger partial charge in [-0.05, 0) is 17.7 Å². The molecule has 2 nitrogen and oxygen atoms in total. The number of hydrogen-bond acceptors (Lipinski definition) is 2. The predicted octanol–water partition coefficient (Wildman–Crippen LogP) is 1.58. The van der Waals surface area contributed by atoms with Crippen LogP contribution in [0.4, 0.5) is 4.39 Å². The van der Waals surface area contributed by atoms with E-state index >= 15 is 0 Å². The molecule has 3 N–H and O–H groups in total. The first-order valence-electron chi connectivity index (χ1n) is 3.46. The normalized spacial score (nSPS) is 13.0. The van der Waals surface area contributed by atoms with Crippen LogP contribution in [0.15, 0.2) is 22.7 Å². The Labute approximate surface area is 78.3 Å². The van der Waals surface area contributed by atoms with E-state index in [1.165, 1.54) is 12.1 Å². The average molecular weight is 234 g/mol. The van der Waals surface area contributed by atoms with Crippen LogP contribution in [0.3, 0.4) is 0 Å². The monoisotopic (exact) mass is 233 g/mol. The molecule has 0 spiro atoms. The van der Waals surface area contributed by atoms with Crippen molar-refractivity contribution >= 4 is 15.9 Å². The number of hydrogen-bond donors (Lipinski definition) is 2. The summed E-state index contributed by atoms with van der Waals surface area (Å²) >= 11 is 3.16. The third-order valence-corrected chi connectivity index (χ3v) is 2.25. The molecule has 0 radical (unpaired) electrons. The second kappa shape index (κ2) is 3.98. The van der Waals surface area contributed by atoms with Gasteiger partial charge >= 0.3 is 0 Å². The van der Waals surface area contributed by atoms with Crippen LogP contribution in [0.5, 0.6) is 0 Å². The van der Waals surface area contributed by atoms with Gasteiger partial charge in [0.15, 0.2) is 0 Å². The molecule has 66 valence electrons.